The van der Waals surface area contributed by atoms with Gasteiger partial charge in [0.2, 0.25) is 10.0 Å². The summed E-state index contributed by atoms with van der Waals surface area (Å²) in [4.78, 5) is 0. The molecule has 1 N–H and O–H groups in total. The molecule has 0 aromatic heterocycles. The van der Waals surface area contributed by atoms with Crippen molar-refractivity contribution in [3.63, 3.8) is 0 Å². The predicted octanol–water partition coefficient (Wildman–Crippen LogP) is 3.35. The number of hydrogen-bond donors (Lipinski definition) is 1. The SMILES string of the molecule is CCCCS(=O)(=O)Nc1ccccc1C(C)C. The van der Waals surface area contributed by atoms with Gasteiger partial charge in [0, 0.05) is 0 Å². The maximum atomic E-state index is 11.8. The second kappa shape index (κ2) is 6.05. The Balaban J connectivity index is 2.88. The number of hydrogen-bond acceptors (Lipinski definition) is 2. The van der Waals surface area contributed by atoms with Gasteiger partial charge in [-0.2, -0.15) is 0 Å². The molecule has 1 aromatic carbocycles. The minimum absolute atomic E-state index is 0.190. The summed E-state index contributed by atoms with van der Waals surface area (Å²) in [5.41, 5.74) is 1.74. The Labute approximate surface area is 104 Å². The van der Waals surface area contributed by atoms with E-state index in [4.69, 9.17) is 0 Å². The quantitative estimate of drug-likeness (QED) is 0.847. The smallest absolute Gasteiger partial charge is 0.232 e. The van der Waals surface area contributed by atoms with E-state index in [0.717, 1.165) is 12.0 Å². The summed E-state index contributed by atoms with van der Waals surface area (Å²) in [5.74, 6) is 0.496. The zero-order valence-corrected chi connectivity index (χ0v) is 11.5. The molecule has 17 heavy (non-hydrogen) atoms. The molecule has 1 aromatic rings. The summed E-state index contributed by atoms with van der Waals surface area (Å²) in [6.45, 7) is 6.09. The van der Waals surface area contributed by atoms with Crippen LogP contribution in [0.1, 0.15) is 45.1 Å². The molecule has 0 saturated heterocycles. The fourth-order valence-electron chi connectivity index (χ4n) is 1.65. The Morgan fingerprint density at radius 2 is 1.88 bits per heavy atom. The van der Waals surface area contributed by atoms with Crippen molar-refractivity contribution < 1.29 is 8.42 Å². The Morgan fingerprint density at radius 1 is 1.24 bits per heavy atom. The standard InChI is InChI=1S/C13H21NO2S/c1-4-5-10-17(15,16)14-13-9-7-6-8-12(13)11(2)3/h6-9,11,14H,4-5,10H2,1-3H3. The van der Waals surface area contributed by atoms with E-state index in [9.17, 15) is 8.42 Å². The van der Waals surface area contributed by atoms with E-state index in [-0.39, 0.29) is 5.75 Å². The van der Waals surface area contributed by atoms with E-state index < -0.39 is 10.0 Å². The van der Waals surface area contributed by atoms with Crippen molar-refractivity contribution in [3.05, 3.63) is 29.8 Å². The largest absolute Gasteiger partial charge is 0.283 e. The van der Waals surface area contributed by atoms with E-state index in [1.165, 1.54) is 0 Å². The molecule has 0 radical (unpaired) electrons. The molecule has 0 unspecified atom stereocenters. The lowest BCUT2D eigenvalue weighted by molar-refractivity contribution is 0.597. The van der Waals surface area contributed by atoms with Gasteiger partial charge in [0.1, 0.15) is 0 Å². The minimum atomic E-state index is -3.20. The van der Waals surface area contributed by atoms with Gasteiger partial charge in [-0.15, -0.1) is 0 Å². The lowest BCUT2D eigenvalue weighted by atomic mass is 10.0. The van der Waals surface area contributed by atoms with Gasteiger partial charge in [-0.05, 0) is 24.0 Å². The third-order valence-corrected chi connectivity index (χ3v) is 3.97. The first kappa shape index (κ1) is 14.0. The second-order valence-corrected chi connectivity index (χ2v) is 6.36. The molecule has 0 bridgehead atoms. The van der Waals surface area contributed by atoms with E-state index >= 15 is 0 Å². The highest BCUT2D eigenvalue weighted by Gasteiger charge is 2.13. The molecular weight excluding hydrogens is 234 g/mol. The first-order valence-corrected chi connectivity index (χ1v) is 7.71. The highest BCUT2D eigenvalue weighted by atomic mass is 32.2. The third kappa shape index (κ3) is 4.38. The summed E-state index contributed by atoms with van der Waals surface area (Å²) in [5, 5.41) is 0. The van der Waals surface area contributed by atoms with E-state index in [1.54, 1.807) is 0 Å². The van der Waals surface area contributed by atoms with Crippen molar-refractivity contribution in [1.82, 2.24) is 0 Å². The van der Waals surface area contributed by atoms with Gasteiger partial charge in [-0.3, -0.25) is 4.72 Å². The van der Waals surface area contributed by atoms with Crippen LogP contribution in [0.4, 0.5) is 5.69 Å². The molecule has 0 amide bonds. The van der Waals surface area contributed by atoms with Crippen LogP contribution in [0.3, 0.4) is 0 Å². The Kier molecular flexibility index (Phi) is 5.00. The number of rotatable bonds is 6. The first-order chi connectivity index (χ1) is 7.96. The molecule has 0 aliphatic carbocycles. The molecular formula is C13H21NO2S. The molecule has 0 saturated carbocycles. The van der Waals surface area contributed by atoms with Crippen LogP contribution in [0.2, 0.25) is 0 Å². The van der Waals surface area contributed by atoms with Crippen LogP contribution in [0, 0.1) is 0 Å². The summed E-state index contributed by atoms with van der Waals surface area (Å²) >= 11 is 0. The van der Waals surface area contributed by atoms with Gasteiger partial charge in [0.15, 0.2) is 0 Å². The van der Waals surface area contributed by atoms with Gasteiger partial charge in [0.25, 0.3) is 0 Å². The van der Waals surface area contributed by atoms with Crippen LogP contribution in [0.15, 0.2) is 24.3 Å². The second-order valence-electron chi connectivity index (χ2n) is 4.52. The number of unbranched alkanes of at least 4 members (excludes halogenated alkanes) is 1. The molecule has 0 heterocycles. The van der Waals surface area contributed by atoms with Gasteiger partial charge in [0.05, 0.1) is 11.4 Å². The minimum Gasteiger partial charge on any atom is -0.283 e. The van der Waals surface area contributed by atoms with E-state index in [2.05, 4.69) is 18.6 Å². The Hall–Kier alpha value is -1.03. The number of sulfonamides is 1. The first-order valence-electron chi connectivity index (χ1n) is 6.05. The number of benzene rings is 1. The van der Waals surface area contributed by atoms with E-state index in [1.807, 2.05) is 31.2 Å². The normalized spacial score (nSPS) is 11.8. The lowest BCUT2D eigenvalue weighted by Gasteiger charge is -2.14. The number of para-hydroxylation sites is 1. The van der Waals surface area contributed by atoms with Crippen molar-refractivity contribution >= 4 is 15.7 Å². The fourth-order valence-corrected chi connectivity index (χ4v) is 2.94. The van der Waals surface area contributed by atoms with Gasteiger partial charge < -0.3 is 0 Å². The average Bonchev–Trinajstić information content (AvgIpc) is 2.26. The molecule has 4 heteroatoms. The highest BCUT2D eigenvalue weighted by molar-refractivity contribution is 7.92. The number of nitrogens with one attached hydrogen (secondary N) is 1. The van der Waals surface area contributed by atoms with Crippen LogP contribution in [0.25, 0.3) is 0 Å². The Morgan fingerprint density at radius 3 is 2.47 bits per heavy atom. The zero-order valence-electron chi connectivity index (χ0n) is 10.7. The Bertz CT molecular complexity index is 452. The van der Waals surface area contributed by atoms with E-state index in [0.29, 0.717) is 18.0 Å². The topological polar surface area (TPSA) is 46.2 Å². The molecule has 0 aliphatic heterocycles. The molecule has 0 atom stereocenters. The van der Waals surface area contributed by atoms with Crippen molar-refractivity contribution in [2.75, 3.05) is 10.5 Å². The molecule has 3 nitrogen and oxygen atoms in total. The molecule has 0 fully saturated rings. The van der Waals surface area contributed by atoms with Crippen LogP contribution < -0.4 is 4.72 Å². The fraction of sp³-hybridized carbons (Fsp3) is 0.538. The van der Waals surface area contributed by atoms with Crippen molar-refractivity contribution in [1.29, 1.82) is 0 Å². The monoisotopic (exact) mass is 255 g/mol. The summed E-state index contributed by atoms with van der Waals surface area (Å²) < 4.78 is 26.3. The lowest BCUT2D eigenvalue weighted by Crippen LogP contribution is -2.17. The van der Waals surface area contributed by atoms with Crippen LogP contribution in [0.5, 0.6) is 0 Å². The summed E-state index contributed by atoms with van der Waals surface area (Å²) in [6.07, 6.45) is 1.58. The maximum absolute atomic E-state index is 11.8. The van der Waals surface area contributed by atoms with Gasteiger partial charge in [-0.1, -0.05) is 45.4 Å². The zero-order chi connectivity index (χ0) is 12.9. The third-order valence-electron chi connectivity index (χ3n) is 2.61. The average molecular weight is 255 g/mol. The van der Waals surface area contributed by atoms with Crippen LogP contribution in [-0.2, 0) is 10.0 Å². The molecule has 0 spiro atoms. The van der Waals surface area contributed by atoms with Crippen LogP contribution >= 0.6 is 0 Å². The van der Waals surface area contributed by atoms with Crippen LogP contribution in [-0.4, -0.2) is 14.2 Å². The van der Waals surface area contributed by atoms with Crippen molar-refractivity contribution in [2.45, 2.75) is 39.5 Å². The van der Waals surface area contributed by atoms with Gasteiger partial charge in [-0.25, -0.2) is 8.42 Å². The van der Waals surface area contributed by atoms with Gasteiger partial charge >= 0.3 is 0 Å². The predicted molar refractivity (Wildman–Crippen MR) is 72.8 cm³/mol. The summed E-state index contributed by atoms with van der Waals surface area (Å²) in [6, 6.07) is 7.56. The maximum Gasteiger partial charge on any atom is 0.232 e. The molecule has 0 aliphatic rings. The summed E-state index contributed by atoms with van der Waals surface area (Å²) in [7, 11) is -3.20. The highest BCUT2D eigenvalue weighted by Crippen LogP contribution is 2.24. The molecule has 1 rings (SSSR count). The van der Waals surface area contributed by atoms with Crippen molar-refractivity contribution in [2.24, 2.45) is 0 Å². The number of anilines is 1. The van der Waals surface area contributed by atoms with Crippen molar-refractivity contribution in [3.8, 4) is 0 Å². The molecule has 96 valence electrons.